The third-order valence-corrected chi connectivity index (χ3v) is 3.79. The minimum atomic E-state index is 0.649. The first kappa shape index (κ1) is 11.4. The van der Waals surface area contributed by atoms with Crippen molar-refractivity contribution in [3.63, 3.8) is 0 Å². The lowest BCUT2D eigenvalue weighted by molar-refractivity contribution is 0.00112. The third kappa shape index (κ3) is 2.71. The Kier molecular flexibility index (Phi) is 4.00. The summed E-state index contributed by atoms with van der Waals surface area (Å²) in [5, 5.41) is 3.58. The maximum absolute atomic E-state index is 5.44. The number of rotatable bonds is 2. The van der Waals surface area contributed by atoms with E-state index in [0.717, 1.165) is 31.8 Å². The molecule has 3 heteroatoms. The van der Waals surface area contributed by atoms with Crippen LogP contribution in [0.5, 0.6) is 0 Å². The van der Waals surface area contributed by atoms with Gasteiger partial charge in [-0.25, -0.2) is 0 Å². The van der Waals surface area contributed by atoms with Gasteiger partial charge >= 0.3 is 0 Å². The zero-order valence-corrected chi connectivity index (χ0v) is 10.0. The van der Waals surface area contributed by atoms with Crippen LogP contribution in [0.1, 0.15) is 33.1 Å². The molecule has 0 aromatic heterocycles. The van der Waals surface area contributed by atoms with Gasteiger partial charge in [0.2, 0.25) is 0 Å². The maximum atomic E-state index is 5.44. The Morgan fingerprint density at radius 1 is 1.33 bits per heavy atom. The number of hydrogen-bond acceptors (Lipinski definition) is 3. The van der Waals surface area contributed by atoms with Crippen molar-refractivity contribution < 1.29 is 4.74 Å². The summed E-state index contributed by atoms with van der Waals surface area (Å²) in [6.07, 6.45) is 3.71. The van der Waals surface area contributed by atoms with E-state index in [-0.39, 0.29) is 0 Å². The average molecular weight is 212 g/mol. The van der Waals surface area contributed by atoms with E-state index < -0.39 is 0 Å². The molecule has 2 fully saturated rings. The number of piperazine rings is 1. The van der Waals surface area contributed by atoms with Crippen LogP contribution in [0.25, 0.3) is 0 Å². The molecule has 2 unspecified atom stereocenters. The summed E-state index contributed by atoms with van der Waals surface area (Å²) in [6, 6.07) is 2.16. The molecule has 0 radical (unpaired) electrons. The van der Waals surface area contributed by atoms with E-state index in [1.165, 1.54) is 25.8 Å². The highest BCUT2D eigenvalue weighted by molar-refractivity contribution is 4.88. The molecule has 1 N–H and O–H groups in total. The van der Waals surface area contributed by atoms with Crippen LogP contribution in [-0.4, -0.2) is 49.3 Å². The highest BCUT2D eigenvalue weighted by atomic mass is 16.5. The second kappa shape index (κ2) is 5.28. The van der Waals surface area contributed by atoms with Gasteiger partial charge in [-0.3, -0.25) is 4.90 Å². The van der Waals surface area contributed by atoms with E-state index in [1.54, 1.807) is 0 Å². The monoisotopic (exact) mass is 212 g/mol. The van der Waals surface area contributed by atoms with Gasteiger partial charge in [-0.2, -0.15) is 0 Å². The number of nitrogens with zero attached hydrogens (tertiary/aromatic N) is 1. The first-order chi connectivity index (χ1) is 7.31. The fourth-order valence-electron chi connectivity index (χ4n) is 2.83. The second-order valence-corrected chi connectivity index (χ2v) is 4.91. The molecule has 0 spiro atoms. The molecule has 0 saturated carbocycles. The molecule has 0 amide bonds. The first-order valence-electron chi connectivity index (χ1n) is 6.38. The fraction of sp³-hybridized carbons (Fsp3) is 1.00. The van der Waals surface area contributed by atoms with Crippen molar-refractivity contribution in [2.75, 3.05) is 26.3 Å². The Balaban J connectivity index is 1.95. The van der Waals surface area contributed by atoms with Crippen molar-refractivity contribution >= 4 is 0 Å². The Morgan fingerprint density at radius 2 is 2.07 bits per heavy atom. The zero-order chi connectivity index (χ0) is 10.7. The molecule has 0 aromatic carbocycles. The normalized spacial score (nSPS) is 35.6. The van der Waals surface area contributed by atoms with E-state index in [1.807, 2.05) is 0 Å². The minimum Gasteiger partial charge on any atom is -0.381 e. The summed E-state index contributed by atoms with van der Waals surface area (Å²) < 4.78 is 5.44. The van der Waals surface area contributed by atoms with Gasteiger partial charge in [0.15, 0.2) is 0 Å². The van der Waals surface area contributed by atoms with Crippen LogP contribution in [-0.2, 0) is 4.74 Å². The van der Waals surface area contributed by atoms with E-state index in [0.29, 0.717) is 6.04 Å². The predicted octanol–water partition coefficient (Wildman–Crippen LogP) is 1.24. The van der Waals surface area contributed by atoms with E-state index in [4.69, 9.17) is 4.74 Å². The molecule has 2 atom stereocenters. The molecular weight excluding hydrogens is 188 g/mol. The van der Waals surface area contributed by atoms with Crippen LogP contribution in [0.3, 0.4) is 0 Å². The Hall–Kier alpha value is -0.120. The lowest BCUT2D eigenvalue weighted by atomic mass is 9.99. The smallest absolute Gasteiger partial charge is 0.0480 e. The summed E-state index contributed by atoms with van der Waals surface area (Å²) in [5.41, 5.74) is 0. The highest BCUT2D eigenvalue weighted by Gasteiger charge is 2.31. The predicted molar refractivity (Wildman–Crippen MR) is 62.1 cm³/mol. The number of ether oxygens (including phenoxy) is 1. The number of hydrogen-bond donors (Lipinski definition) is 1. The zero-order valence-electron chi connectivity index (χ0n) is 10.0. The summed E-state index contributed by atoms with van der Waals surface area (Å²) in [4.78, 5) is 2.73. The minimum absolute atomic E-state index is 0.649. The Bertz CT molecular complexity index is 192. The van der Waals surface area contributed by atoms with Gasteiger partial charge < -0.3 is 10.1 Å². The quantitative estimate of drug-likeness (QED) is 0.745. The lowest BCUT2D eigenvalue weighted by Crippen LogP contribution is -2.59. The largest absolute Gasteiger partial charge is 0.381 e. The molecule has 3 nitrogen and oxygen atoms in total. The number of nitrogens with one attached hydrogen (secondary N) is 1. The molecule has 88 valence electrons. The Morgan fingerprint density at radius 3 is 2.73 bits per heavy atom. The van der Waals surface area contributed by atoms with Crippen LogP contribution in [0.2, 0.25) is 0 Å². The maximum Gasteiger partial charge on any atom is 0.0480 e. The van der Waals surface area contributed by atoms with Crippen molar-refractivity contribution in [3.05, 3.63) is 0 Å². The Labute approximate surface area is 93.2 Å². The fourth-order valence-corrected chi connectivity index (χ4v) is 2.83. The van der Waals surface area contributed by atoms with Gasteiger partial charge in [0.25, 0.3) is 0 Å². The highest BCUT2D eigenvalue weighted by Crippen LogP contribution is 2.21. The van der Waals surface area contributed by atoms with Crippen LogP contribution < -0.4 is 5.32 Å². The molecule has 0 aromatic rings. The van der Waals surface area contributed by atoms with Crippen LogP contribution >= 0.6 is 0 Å². The standard InChI is InChI=1S/C12H24N2O/c1-3-11-8-13-10(2)9-14(11)12-4-6-15-7-5-12/h10-13H,3-9H2,1-2H3. The van der Waals surface area contributed by atoms with Crippen molar-refractivity contribution in [1.82, 2.24) is 10.2 Å². The summed E-state index contributed by atoms with van der Waals surface area (Å²) >= 11 is 0. The molecular formula is C12H24N2O. The van der Waals surface area contributed by atoms with Crippen molar-refractivity contribution in [2.24, 2.45) is 0 Å². The summed E-state index contributed by atoms with van der Waals surface area (Å²) in [5.74, 6) is 0. The molecule has 2 aliphatic heterocycles. The average Bonchev–Trinajstić information content (AvgIpc) is 2.30. The van der Waals surface area contributed by atoms with E-state index >= 15 is 0 Å². The first-order valence-corrected chi connectivity index (χ1v) is 6.38. The topological polar surface area (TPSA) is 24.5 Å². The van der Waals surface area contributed by atoms with Gasteiger partial charge in [-0.1, -0.05) is 6.92 Å². The molecule has 0 aliphatic carbocycles. The van der Waals surface area contributed by atoms with Crippen LogP contribution in [0.15, 0.2) is 0 Å². The molecule has 2 saturated heterocycles. The van der Waals surface area contributed by atoms with Crippen molar-refractivity contribution in [2.45, 2.75) is 51.2 Å². The van der Waals surface area contributed by atoms with Crippen molar-refractivity contribution in [3.8, 4) is 0 Å². The van der Waals surface area contributed by atoms with Gasteiger partial charge in [0, 0.05) is 44.4 Å². The van der Waals surface area contributed by atoms with E-state index in [9.17, 15) is 0 Å². The molecule has 0 bridgehead atoms. The molecule has 2 rings (SSSR count). The van der Waals surface area contributed by atoms with Crippen LogP contribution in [0.4, 0.5) is 0 Å². The molecule has 2 heterocycles. The lowest BCUT2D eigenvalue weighted by Gasteiger charge is -2.45. The second-order valence-electron chi connectivity index (χ2n) is 4.91. The van der Waals surface area contributed by atoms with Gasteiger partial charge in [-0.05, 0) is 26.2 Å². The molecule has 15 heavy (non-hydrogen) atoms. The van der Waals surface area contributed by atoms with Gasteiger partial charge in [0.1, 0.15) is 0 Å². The summed E-state index contributed by atoms with van der Waals surface area (Å²) in [7, 11) is 0. The SMILES string of the molecule is CCC1CNC(C)CN1C1CCOCC1. The van der Waals surface area contributed by atoms with Gasteiger partial charge in [-0.15, -0.1) is 0 Å². The third-order valence-electron chi connectivity index (χ3n) is 3.79. The van der Waals surface area contributed by atoms with Crippen molar-refractivity contribution in [1.29, 1.82) is 0 Å². The molecule has 2 aliphatic rings. The van der Waals surface area contributed by atoms with E-state index in [2.05, 4.69) is 24.1 Å². The van der Waals surface area contributed by atoms with Crippen LogP contribution in [0, 0.1) is 0 Å². The summed E-state index contributed by atoms with van der Waals surface area (Å²) in [6.45, 7) is 8.88. The van der Waals surface area contributed by atoms with Gasteiger partial charge in [0.05, 0.1) is 0 Å².